The average molecular weight is 384 g/mol. The fourth-order valence-corrected chi connectivity index (χ4v) is 2.36. The first-order chi connectivity index (χ1) is 12.3. The van der Waals surface area contributed by atoms with E-state index in [9.17, 15) is 18.0 Å². The molecule has 0 bridgehead atoms. The number of hydrogen-bond acceptors (Lipinski definition) is 2. The van der Waals surface area contributed by atoms with Crippen LogP contribution in [0.5, 0.6) is 5.75 Å². The van der Waals surface area contributed by atoms with Crippen LogP contribution in [-0.2, 0) is 11.0 Å². The summed E-state index contributed by atoms with van der Waals surface area (Å²) in [5.41, 5.74) is -0.297. The van der Waals surface area contributed by atoms with Crippen LogP contribution in [0.1, 0.15) is 24.5 Å². The molecular weight excluding hydrogens is 367 g/mol. The highest BCUT2D eigenvalue weighted by atomic mass is 35.5. The summed E-state index contributed by atoms with van der Waals surface area (Å²) in [6.07, 6.45) is -0.975. The molecule has 0 unspecified atom stereocenters. The Morgan fingerprint density at radius 3 is 2.65 bits per heavy atom. The molecule has 0 atom stereocenters. The van der Waals surface area contributed by atoms with Crippen LogP contribution in [-0.4, -0.2) is 12.5 Å². The zero-order valence-corrected chi connectivity index (χ0v) is 14.7. The van der Waals surface area contributed by atoms with Gasteiger partial charge in [0.1, 0.15) is 5.75 Å². The highest BCUT2D eigenvalue weighted by molar-refractivity contribution is 6.31. The first-order valence-electron chi connectivity index (χ1n) is 7.89. The minimum Gasteiger partial charge on any atom is -0.493 e. The van der Waals surface area contributed by atoms with E-state index in [4.69, 9.17) is 16.3 Å². The molecule has 0 spiro atoms. The highest BCUT2D eigenvalue weighted by Crippen LogP contribution is 2.36. The fourth-order valence-electron chi connectivity index (χ4n) is 2.13. The van der Waals surface area contributed by atoms with Crippen LogP contribution in [0.25, 0.3) is 6.08 Å². The molecule has 2 aromatic rings. The molecule has 0 radical (unpaired) electrons. The lowest BCUT2D eigenvalue weighted by molar-refractivity contribution is -0.137. The van der Waals surface area contributed by atoms with Crippen molar-refractivity contribution in [2.24, 2.45) is 0 Å². The minimum absolute atomic E-state index is 0.00638. The highest BCUT2D eigenvalue weighted by Gasteiger charge is 2.33. The van der Waals surface area contributed by atoms with Crippen LogP contribution in [0.3, 0.4) is 0 Å². The number of ether oxygens (including phenoxy) is 1. The van der Waals surface area contributed by atoms with Gasteiger partial charge >= 0.3 is 6.18 Å². The zero-order valence-electron chi connectivity index (χ0n) is 13.9. The van der Waals surface area contributed by atoms with Crippen LogP contribution in [0, 0.1) is 0 Å². The van der Waals surface area contributed by atoms with E-state index in [1.807, 2.05) is 13.0 Å². The van der Waals surface area contributed by atoms with Crippen LogP contribution in [0.15, 0.2) is 48.5 Å². The van der Waals surface area contributed by atoms with Crippen molar-refractivity contribution in [3.63, 3.8) is 0 Å². The molecular formula is C19H17ClF3NO2. The quantitative estimate of drug-likeness (QED) is 0.640. The molecule has 1 N–H and O–H groups in total. The van der Waals surface area contributed by atoms with Crippen LogP contribution in [0.4, 0.5) is 18.9 Å². The van der Waals surface area contributed by atoms with E-state index in [2.05, 4.69) is 5.32 Å². The molecule has 7 heteroatoms. The largest absolute Gasteiger partial charge is 0.493 e. The average Bonchev–Trinajstić information content (AvgIpc) is 2.59. The number of rotatable bonds is 6. The summed E-state index contributed by atoms with van der Waals surface area (Å²) in [4.78, 5) is 12.0. The normalized spacial score (nSPS) is 11.6. The molecule has 0 aromatic heterocycles. The second-order valence-electron chi connectivity index (χ2n) is 5.40. The molecule has 0 aliphatic rings. The molecule has 1 amide bonds. The van der Waals surface area contributed by atoms with Gasteiger partial charge in [-0.15, -0.1) is 0 Å². The maximum absolute atomic E-state index is 12.9. The molecule has 0 saturated carbocycles. The van der Waals surface area contributed by atoms with Crippen molar-refractivity contribution >= 4 is 29.3 Å². The number of alkyl halides is 3. The summed E-state index contributed by atoms with van der Waals surface area (Å²) >= 11 is 5.56. The Labute approximate surface area is 154 Å². The number of anilines is 1. The smallest absolute Gasteiger partial charge is 0.417 e. The van der Waals surface area contributed by atoms with Crippen molar-refractivity contribution in [2.45, 2.75) is 19.5 Å². The second-order valence-corrected chi connectivity index (χ2v) is 5.81. The molecule has 138 valence electrons. The summed E-state index contributed by atoms with van der Waals surface area (Å²) in [5.74, 6) is 0.0648. The Bertz CT molecular complexity index is 804. The molecule has 2 rings (SSSR count). The Hall–Kier alpha value is -2.47. The second kappa shape index (κ2) is 8.76. The van der Waals surface area contributed by atoms with Gasteiger partial charge in [0, 0.05) is 17.3 Å². The van der Waals surface area contributed by atoms with Crippen LogP contribution < -0.4 is 10.1 Å². The third-order valence-corrected chi connectivity index (χ3v) is 3.66. The van der Waals surface area contributed by atoms with Gasteiger partial charge in [0.2, 0.25) is 5.91 Å². The van der Waals surface area contributed by atoms with Gasteiger partial charge in [-0.2, -0.15) is 13.2 Å². The summed E-state index contributed by atoms with van der Waals surface area (Å²) < 4.78 is 44.2. The standard InChI is InChI=1S/C19H17ClF3NO2/c1-2-11-26-17-6-4-3-5-13(17)7-10-18(25)24-14-8-9-16(20)15(12-14)19(21,22)23/h3-10,12H,2,11H2,1H3,(H,24,25)/b10-7+. The van der Waals surface area contributed by atoms with Gasteiger partial charge in [-0.1, -0.05) is 36.7 Å². The number of nitrogens with one attached hydrogen (secondary N) is 1. The Morgan fingerprint density at radius 2 is 1.96 bits per heavy atom. The maximum Gasteiger partial charge on any atom is 0.417 e. The lowest BCUT2D eigenvalue weighted by Crippen LogP contribution is -2.11. The van der Waals surface area contributed by atoms with Crippen LogP contribution in [0.2, 0.25) is 5.02 Å². The van der Waals surface area contributed by atoms with E-state index in [0.717, 1.165) is 18.6 Å². The number of carbonyl (C=O) groups is 1. The topological polar surface area (TPSA) is 38.3 Å². The van der Waals surface area contributed by atoms with Crippen molar-refractivity contribution in [1.29, 1.82) is 0 Å². The lowest BCUT2D eigenvalue weighted by Gasteiger charge is -2.11. The van der Waals surface area contributed by atoms with Gasteiger partial charge in [-0.05, 0) is 36.8 Å². The molecule has 0 fully saturated rings. The van der Waals surface area contributed by atoms with E-state index in [1.165, 1.54) is 12.1 Å². The Kier molecular flexibility index (Phi) is 6.69. The maximum atomic E-state index is 12.9. The Balaban J connectivity index is 2.11. The van der Waals surface area contributed by atoms with Crippen molar-refractivity contribution in [2.75, 3.05) is 11.9 Å². The fraction of sp³-hybridized carbons (Fsp3) is 0.211. The van der Waals surface area contributed by atoms with E-state index in [0.29, 0.717) is 17.9 Å². The molecule has 26 heavy (non-hydrogen) atoms. The zero-order chi connectivity index (χ0) is 19.2. The van der Waals surface area contributed by atoms with E-state index < -0.39 is 22.7 Å². The van der Waals surface area contributed by atoms with Gasteiger partial charge in [0.25, 0.3) is 0 Å². The van der Waals surface area contributed by atoms with Gasteiger partial charge in [-0.25, -0.2) is 0 Å². The predicted molar refractivity (Wildman–Crippen MR) is 96.3 cm³/mol. The van der Waals surface area contributed by atoms with Crippen LogP contribution >= 0.6 is 11.6 Å². The van der Waals surface area contributed by atoms with Crippen molar-refractivity contribution in [3.05, 3.63) is 64.7 Å². The lowest BCUT2D eigenvalue weighted by atomic mass is 10.1. The van der Waals surface area contributed by atoms with E-state index >= 15 is 0 Å². The molecule has 0 saturated heterocycles. The van der Waals surface area contributed by atoms with Gasteiger partial charge in [0.15, 0.2) is 0 Å². The van der Waals surface area contributed by atoms with Crippen molar-refractivity contribution < 1.29 is 22.7 Å². The number of benzene rings is 2. The molecule has 2 aromatic carbocycles. The van der Waals surface area contributed by atoms with Gasteiger partial charge < -0.3 is 10.1 Å². The third-order valence-electron chi connectivity index (χ3n) is 3.33. The SMILES string of the molecule is CCCOc1ccccc1/C=C/C(=O)Nc1ccc(Cl)c(C(F)(F)F)c1. The summed E-state index contributed by atoms with van der Waals surface area (Å²) in [7, 11) is 0. The minimum atomic E-state index is -4.59. The molecule has 0 aliphatic heterocycles. The number of carbonyl (C=O) groups excluding carboxylic acids is 1. The summed E-state index contributed by atoms with van der Waals surface area (Å²) in [6.45, 7) is 2.52. The predicted octanol–water partition coefficient (Wildman–Crippen LogP) is 5.80. The van der Waals surface area contributed by atoms with E-state index in [-0.39, 0.29) is 5.69 Å². The summed E-state index contributed by atoms with van der Waals surface area (Å²) in [6, 6.07) is 10.4. The molecule has 0 heterocycles. The number of para-hydroxylation sites is 1. The molecule has 0 aliphatic carbocycles. The van der Waals surface area contributed by atoms with E-state index in [1.54, 1.807) is 24.3 Å². The van der Waals surface area contributed by atoms with Crippen molar-refractivity contribution in [1.82, 2.24) is 0 Å². The first kappa shape index (κ1) is 19.8. The number of amides is 1. The first-order valence-corrected chi connectivity index (χ1v) is 8.26. The van der Waals surface area contributed by atoms with Gasteiger partial charge in [-0.3, -0.25) is 4.79 Å². The number of halogens is 4. The number of hydrogen-bond donors (Lipinski definition) is 1. The molecule has 3 nitrogen and oxygen atoms in total. The van der Waals surface area contributed by atoms with Crippen molar-refractivity contribution in [3.8, 4) is 5.75 Å². The third kappa shape index (κ3) is 5.52. The summed E-state index contributed by atoms with van der Waals surface area (Å²) in [5, 5.41) is 1.97. The van der Waals surface area contributed by atoms with Gasteiger partial charge in [0.05, 0.1) is 17.2 Å². The monoisotopic (exact) mass is 383 g/mol. The Morgan fingerprint density at radius 1 is 1.23 bits per heavy atom.